The van der Waals surface area contributed by atoms with Crippen LogP contribution in [0.3, 0.4) is 0 Å². The molecule has 1 atom stereocenters. The number of rotatable bonds is 6. The maximum Gasteiger partial charge on any atom is 0.276 e. The van der Waals surface area contributed by atoms with Crippen LogP contribution in [0.5, 0.6) is 0 Å². The minimum Gasteiger partial charge on any atom is -0.635 e. The minimum atomic E-state index is -4.07. The highest BCUT2D eigenvalue weighted by Crippen LogP contribution is 2.66. The van der Waals surface area contributed by atoms with Gasteiger partial charge in [-0.3, -0.25) is 0 Å². The summed E-state index contributed by atoms with van der Waals surface area (Å²) < 4.78 is 31.9. The minimum absolute atomic E-state index is 0.116. The van der Waals surface area contributed by atoms with E-state index in [1.165, 1.54) is 0 Å². The Morgan fingerprint density at radius 2 is 1.61 bits per heavy atom. The Hall–Kier alpha value is -1.60. The predicted octanol–water partition coefficient (Wildman–Crippen LogP) is 2.83. The number of sulfonamides is 1. The maximum atomic E-state index is 14.2. The van der Waals surface area contributed by atoms with E-state index in [9.17, 15) is 13.3 Å². The molecular weight excluding hydrogens is 393 g/mol. The second-order valence-corrected chi connectivity index (χ2v) is 11.9. The summed E-state index contributed by atoms with van der Waals surface area (Å²) >= 11 is 0. The molecule has 1 saturated heterocycles. The lowest BCUT2D eigenvalue weighted by molar-refractivity contribution is -0.198. The van der Waals surface area contributed by atoms with Crippen molar-refractivity contribution < 1.29 is 13.3 Å². The van der Waals surface area contributed by atoms with Gasteiger partial charge in [0.15, 0.2) is 0 Å². The molecular formula is C20H26N3O3PS. The van der Waals surface area contributed by atoms with Crippen LogP contribution in [-0.4, -0.2) is 49.0 Å². The molecule has 1 aliphatic heterocycles. The van der Waals surface area contributed by atoms with Gasteiger partial charge < -0.3 is 4.89 Å². The first kappa shape index (κ1) is 21.1. The number of hydrogen-bond donors (Lipinski definition) is 0. The van der Waals surface area contributed by atoms with E-state index in [1.807, 2.05) is 37.3 Å². The number of likely N-dealkylation sites (N-methyl/N-ethyl adjacent to an activating group) is 2. The molecule has 0 saturated carbocycles. The zero-order chi connectivity index (χ0) is 20.5. The molecule has 6 nitrogen and oxygen atoms in total. The van der Waals surface area contributed by atoms with Crippen LogP contribution in [0.15, 0.2) is 72.1 Å². The number of benzene rings is 2. The first-order valence-corrected chi connectivity index (χ1v) is 12.1. The Morgan fingerprint density at radius 3 is 2.11 bits per heavy atom. The normalized spacial score (nSPS) is 19.0. The van der Waals surface area contributed by atoms with E-state index < -0.39 is 24.0 Å². The van der Waals surface area contributed by atoms with Gasteiger partial charge in [0.1, 0.15) is 6.04 Å². The van der Waals surface area contributed by atoms with Crippen molar-refractivity contribution in [1.82, 2.24) is 13.4 Å². The van der Waals surface area contributed by atoms with E-state index in [4.69, 9.17) is 0 Å². The summed E-state index contributed by atoms with van der Waals surface area (Å²) in [7, 11) is -4.22. The van der Waals surface area contributed by atoms with E-state index in [1.54, 1.807) is 53.8 Å². The van der Waals surface area contributed by atoms with Gasteiger partial charge in [0, 0.05) is 14.1 Å². The first-order valence-electron chi connectivity index (χ1n) is 9.05. The van der Waals surface area contributed by atoms with Crippen LogP contribution in [0.2, 0.25) is 0 Å². The van der Waals surface area contributed by atoms with E-state index in [-0.39, 0.29) is 4.90 Å². The average molecular weight is 419 g/mol. The summed E-state index contributed by atoms with van der Waals surface area (Å²) in [5.74, 6) is 0. The van der Waals surface area contributed by atoms with Gasteiger partial charge in [0.05, 0.1) is 18.0 Å². The Kier molecular flexibility index (Phi) is 6.05. The average Bonchev–Trinajstić information content (AvgIpc) is 2.94. The molecule has 2 aromatic rings. The van der Waals surface area contributed by atoms with Crippen LogP contribution in [0.4, 0.5) is 0 Å². The molecule has 0 aromatic heterocycles. The maximum absolute atomic E-state index is 14.2. The standard InChI is InChI=1S/C20H26N3O3PS/c1-5-20(18-9-7-6-8-10-18)23(27(24)21(3)15-16-22(27)4)28(25,26)19-13-11-17(2)12-14-19/h5-14,20H,1,15-16H2,2-4H3. The third-order valence-corrected chi connectivity index (χ3v) is 10.9. The molecule has 0 aliphatic carbocycles. The van der Waals surface area contributed by atoms with Crippen molar-refractivity contribution in [3.63, 3.8) is 0 Å². The smallest absolute Gasteiger partial charge is 0.276 e. The topological polar surface area (TPSA) is 66.9 Å². The molecule has 150 valence electrons. The van der Waals surface area contributed by atoms with Crippen LogP contribution in [-0.2, 0) is 10.0 Å². The fourth-order valence-corrected chi connectivity index (χ4v) is 9.11. The number of hydrogen-bond acceptors (Lipinski definition) is 5. The molecule has 0 spiro atoms. The third kappa shape index (κ3) is 3.54. The Balaban J connectivity index is 2.22. The molecule has 2 aromatic carbocycles. The molecule has 1 unspecified atom stereocenters. The van der Waals surface area contributed by atoms with E-state index in [2.05, 4.69) is 6.58 Å². The van der Waals surface area contributed by atoms with Gasteiger partial charge in [-0.25, -0.2) is 8.42 Å². The lowest BCUT2D eigenvalue weighted by Crippen LogP contribution is -2.47. The van der Waals surface area contributed by atoms with Crippen LogP contribution >= 0.6 is 7.94 Å². The van der Waals surface area contributed by atoms with Crippen molar-refractivity contribution in [2.24, 2.45) is 0 Å². The molecule has 1 aliphatic rings. The van der Waals surface area contributed by atoms with Crippen molar-refractivity contribution in [2.45, 2.75) is 17.9 Å². The summed E-state index contributed by atoms with van der Waals surface area (Å²) in [4.78, 5) is 14.3. The van der Waals surface area contributed by atoms with E-state index >= 15 is 0 Å². The van der Waals surface area contributed by atoms with Crippen molar-refractivity contribution in [2.75, 3.05) is 27.2 Å². The van der Waals surface area contributed by atoms with Crippen molar-refractivity contribution in [3.05, 3.63) is 78.4 Å². The highest BCUT2D eigenvalue weighted by molar-refractivity contribution is 7.95. The Bertz CT molecular complexity index is 925. The highest BCUT2D eigenvalue weighted by Gasteiger charge is 2.57. The van der Waals surface area contributed by atoms with Gasteiger partial charge >= 0.3 is 0 Å². The summed E-state index contributed by atoms with van der Waals surface area (Å²) in [5.41, 5.74) is 1.67. The fraction of sp³-hybridized carbons (Fsp3) is 0.300. The van der Waals surface area contributed by atoms with Gasteiger partial charge in [-0.05, 0) is 28.7 Å². The lowest BCUT2D eigenvalue weighted by Gasteiger charge is -2.44. The van der Waals surface area contributed by atoms with E-state index in [0.717, 1.165) is 15.2 Å². The van der Waals surface area contributed by atoms with Crippen molar-refractivity contribution in [1.29, 1.82) is 0 Å². The third-order valence-electron chi connectivity index (χ3n) is 5.06. The van der Waals surface area contributed by atoms with Crippen LogP contribution < -0.4 is 4.89 Å². The quantitative estimate of drug-likeness (QED) is 0.532. The highest BCUT2D eigenvalue weighted by atomic mass is 32.2. The molecule has 8 heteroatoms. The van der Waals surface area contributed by atoms with Gasteiger partial charge in [-0.15, -0.1) is 6.58 Å². The number of aryl methyl sites for hydroxylation is 1. The molecule has 0 amide bonds. The van der Waals surface area contributed by atoms with Gasteiger partial charge in [0.2, 0.25) is 7.94 Å². The molecule has 0 bridgehead atoms. The first-order chi connectivity index (χ1) is 13.2. The van der Waals surface area contributed by atoms with Crippen molar-refractivity contribution >= 4 is 18.0 Å². The lowest BCUT2D eigenvalue weighted by atomic mass is 10.1. The van der Waals surface area contributed by atoms with Crippen LogP contribution in [0, 0.1) is 6.92 Å². The second kappa shape index (κ2) is 8.03. The predicted molar refractivity (Wildman–Crippen MR) is 112 cm³/mol. The Morgan fingerprint density at radius 1 is 1.07 bits per heavy atom. The molecule has 0 N–H and O–H groups in total. The van der Waals surface area contributed by atoms with E-state index in [0.29, 0.717) is 13.1 Å². The SMILES string of the molecule is C=CC(c1ccccc1)N([P+]1([O-])N(C)CCN1C)S(=O)(=O)c1ccc(C)cc1. The van der Waals surface area contributed by atoms with Crippen molar-refractivity contribution in [3.8, 4) is 0 Å². The molecule has 1 heterocycles. The molecule has 1 fully saturated rings. The number of nitrogens with zero attached hydrogens (tertiary/aromatic N) is 3. The van der Waals surface area contributed by atoms with Crippen LogP contribution in [0.1, 0.15) is 17.2 Å². The van der Waals surface area contributed by atoms with Crippen LogP contribution in [0.25, 0.3) is 0 Å². The Labute approximate surface area is 168 Å². The zero-order valence-corrected chi connectivity index (χ0v) is 18.1. The fourth-order valence-electron chi connectivity index (χ4n) is 3.39. The largest absolute Gasteiger partial charge is 0.635 e. The molecule has 0 radical (unpaired) electrons. The van der Waals surface area contributed by atoms with Gasteiger partial charge in [-0.1, -0.05) is 54.1 Å². The summed E-state index contributed by atoms with van der Waals surface area (Å²) in [6, 6.07) is 15.0. The van der Waals surface area contributed by atoms with Gasteiger partial charge in [0.25, 0.3) is 10.0 Å². The zero-order valence-electron chi connectivity index (χ0n) is 16.4. The molecule has 28 heavy (non-hydrogen) atoms. The molecule has 3 rings (SSSR count). The summed E-state index contributed by atoms with van der Waals surface area (Å²) in [6.45, 7) is 6.80. The summed E-state index contributed by atoms with van der Waals surface area (Å²) in [6.07, 6.45) is 1.54. The van der Waals surface area contributed by atoms with Gasteiger partial charge in [-0.2, -0.15) is 9.34 Å². The summed E-state index contributed by atoms with van der Waals surface area (Å²) in [5, 5.41) is 0. The monoisotopic (exact) mass is 419 g/mol. The second-order valence-electron chi connectivity index (χ2n) is 6.96.